The van der Waals surface area contributed by atoms with Crippen molar-refractivity contribution < 1.29 is 0 Å². The van der Waals surface area contributed by atoms with E-state index in [4.69, 9.17) is 0 Å². The SMILES string of the molecule is C/C=C\CSC1CNC1. The second-order valence-corrected chi connectivity index (χ2v) is 3.52. The quantitative estimate of drug-likeness (QED) is 0.597. The van der Waals surface area contributed by atoms with E-state index in [1.165, 1.54) is 18.8 Å². The van der Waals surface area contributed by atoms with Crippen molar-refractivity contribution in [2.45, 2.75) is 12.2 Å². The first kappa shape index (κ1) is 7.16. The van der Waals surface area contributed by atoms with Crippen LogP contribution in [0.25, 0.3) is 0 Å². The summed E-state index contributed by atoms with van der Waals surface area (Å²) in [5.74, 6) is 1.18. The lowest BCUT2D eigenvalue weighted by molar-refractivity contribution is 0.544. The molecule has 2 heteroatoms. The fourth-order valence-electron chi connectivity index (χ4n) is 0.668. The van der Waals surface area contributed by atoms with E-state index < -0.39 is 0 Å². The molecule has 0 radical (unpaired) electrons. The van der Waals surface area contributed by atoms with E-state index in [0.717, 1.165) is 5.25 Å². The molecule has 0 aliphatic carbocycles. The molecule has 0 bridgehead atoms. The Balaban J connectivity index is 1.91. The summed E-state index contributed by atoms with van der Waals surface area (Å²) >= 11 is 2.04. The van der Waals surface area contributed by atoms with Crippen molar-refractivity contribution in [1.82, 2.24) is 5.32 Å². The predicted octanol–water partition coefficient (Wildman–Crippen LogP) is 1.27. The van der Waals surface area contributed by atoms with Crippen molar-refractivity contribution in [2.75, 3.05) is 18.8 Å². The van der Waals surface area contributed by atoms with Crippen LogP contribution in [0, 0.1) is 0 Å². The Hall–Kier alpha value is 0.0500. The molecular formula is C7H13NS. The van der Waals surface area contributed by atoms with Crippen molar-refractivity contribution >= 4 is 11.8 Å². The second-order valence-electron chi connectivity index (χ2n) is 2.18. The molecule has 1 heterocycles. The van der Waals surface area contributed by atoms with Crippen molar-refractivity contribution in [2.24, 2.45) is 0 Å². The first-order chi connectivity index (χ1) is 4.43. The summed E-state index contributed by atoms with van der Waals surface area (Å²) in [6.07, 6.45) is 4.32. The minimum atomic E-state index is 0.890. The standard InChI is InChI=1S/C7H13NS/c1-2-3-4-9-7-5-8-6-7/h2-3,7-8H,4-6H2,1H3/b3-2-. The van der Waals surface area contributed by atoms with E-state index in [1.54, 1.807) is 0 Å². The molecule has 0 unspecified atom stereocenters. The summed E-state index contributed by atoms with van der Waals surface area (Å²) in [7, 11) is 0. The molecule has 1 nitrogen and oxygen atoms in total. The summed E-state index contributed by atoms with van der Waals surface area (Å²) in [5.41, 5.74) is 0. The molecule has 1 fully saturated rings. The van der Waals surface area contributed by atoms with Crippen LogP contribution in [-0.2, 0) is 0 Å². The van der Waals surface area contributed by atoms with Crippen LogP contribution in [0.4, 0.5) is 0 Å². The predicted molar refractivity (Wildman–Crippen MR) is 43.9 cm³/mol. The van der Waals surface area contributed by atoms with Gasteiger partial charge in [-0.1, -0.05) is 12.2 Å². The maximum absolute atomic E-state index is 3.24. The fourth-order valence-corrected chi connectivity index (χ4v) is 1.72. The molecule has 9 heavy (non-hydrogen) atoms. The van der Waals surface area contributed by atoms with Gasteiger partial charge in [-0.25, -0.2) is 0 Å². The zero-order valence-corrected chi connectivity index (χ0v) is 6.58. The van der Waals surface area contributed by atoms with Gasteiger partial charge in [-0.2, -0.15) is 11.8 Å². The lowest BCUT2D eigenvalue weighted by Crippen LogP contribution is -2.44. The molecule has 1 aliphatic rings. The van der Waals surface area contributed by atoms with Gasteiger partial charge >= 0.3 is 0 Å². The Labute approximate surface area is 60.9 Å². The number of hydrogen-bond donors (Lipinski definition) is 1. The molecule has 0 atom stereocenters. The summed E-state index contributed by atoms with van der Waals surface area (Å²) < 4.78 is 0. The van der Waals surface area contributed by atoms with Crippen LogP contribution >= 0.6 is 11.8 Å². The maximum atomic E-state index is 3.24. The Morgan fingerprint density at radius 1 is 1.67 bits per heavy atom. The number of allylic oxidation sites excluding steroid dienone is 1. The van der Waals surface area contributed by atoms with Gasteiger partial charge in [-0.3, -0.25) is 0 Å². The molecule has 0 amide bonds. The maximum Gasteiger partial charge on any atom is 0.0300 e. The van der Waals surface area contributed by atoms with E-state index in [1.807, 2.05) is 11.8 Å². The van der Waals surface area contributed by atoms with Gasteiger partial charge in [0.1, 0.15) is 0 Å². The zero-order valence-electron chi connectivity index (χ0n) is 5.76. The highest BCUT2D eigenvalue weighted by molar-refractivity contribution is 8.00. The Morgan fingerprint density at radius 2 is 2.44 bits per heavy atom. The van der Waals surface area contributed by atoms with Gasteiger partial charge in [0, 0.05) is 24.1 Å². The number of nitrogens with one attached hydrogen (secondary N) is 1. The number of hydrogen-bond acceptors (Lipinski definition) is 2. The average molecular weight is 143 g/mol. The molecular weight excluding hydrogens is 130 g/mol. The number of rotatable bonds is 3. The molecule has 0 saturated carbocycles. The Kier molecular flexibility index (Phi) is 3.15. The molecule has 0 spiro atoms. The molecule has 1 saturated heterocycles. The third kappa shape index (κ3) is 2.41. The van der Waals surface area contributed by atoms with Crippen molar-refractivity contribution in [3.8, 4) is 0 Å². The van der Waals surface area contributed by atoms with Gasteiger partial charge in [0.25, 0.3) is 0 Å². The lowest BCUT2D eigenvalue weighted by Gasteiger charge is -2.25. The number of thioether (sulfide) groups is 1. The molecule has 52 valence electrons. The van der Waals surface area contributed by atoms with Crippen molar-refractivity contribution in [3.05, 3.63) is 12.2 Å². The molecule has 0 aromatic carbocycles. The van der Waals surface area contributed by atoms with Crippen LogP contribution in [-0.4, -0.2) is 24.1 Å². The van der Waals surface area contributed by atoms with E-state index in [2.05, 4.69) is 24.4 Å². The Bertz CT molecular complexity index is 97.1. The van der Waals surface area contributed by atoms with Crippen LogP contribution in [0.2, 0.25) is 0 Å². The molecule has 1 N–H and O–H groups in total. The average Bonchev–Trinajstić information content (AvgIpc) is 1.76. The first-order valence-corrected chi connectivity index (χ1v) is 4.42. The second kappa shape index (κ2) is 3.96. The first-order valence-electron chi connectivity index (χ1n) is 3.37. The van der Waals surface area contributed by atoms with Gasteiger partial charge in [0.2, 0.25) is 0 Å². The molecule has 0 aromatic rings. The summed E-state index contributed by atoms with van der Waals surface area (Å²) in [4.78, 5) is 0. The minimum Gasteiger partial charge on any atom is -0.314 e. The summed E-state index contributed by atoms with van der Waals surface area (Å²) in [6.45, 7) is 4.49. The van der Waals surface area contributed by atoms with Crippen LogP contribution in [0.5, 0.6) is 0 Å². The highest BCUT2D eigenvalue weighted by Gasteiger charge is 2.15. The molecule has 1 rings (SSSR count). The lowest BCUT2D eigenvalue weighted by atomic mass is 10.3. The van der Waals surface area contributed by atoms with Gasteiger partial charge in [-0.05, 0) is 6.92 Å². The topological polar surface area (TPSA) is 12.0 Å². The van der Waals surface area contributed by atoms with Crippen molar-refractivity contribution in [3.63, 3.8) is 0 Å². The molecule has 0 aromatic heterocycles. The van der Waals surface area contributed by atoms with Gasteiger partial charge < -0.3 is 5.32 Å². The third-order valence-electron chi connectivity index (χ3n) is 1.41. The normalized spacial score (nSPS) is 20.6. The largest absolute Gasteiger partial charge is 0.314 e. The van der Waals surface area contributed by atoms with Crippen LogP contribution in [0.15, 0.2) is 12.2 Å². The highest BCUT2D eigenvalue weighted by atomic mass is 32.2. The van der Waals surface area contributed by atoms with E-state index in [9.17, 15) is 0 Å². The minimum absolute atomic E-state index is 0.890. The third-order valence-corrected chi connectivity index (χ3v) is 2.60. The van der Waals surface area contributed by atoms with Gasteiger partial charge in [0.15, 0.2) is 0 Å². The molecule has 1 aliphatic heterocycles. The van der Waals surface area contributed by atoms with Gasteiger partial charge in [-0.15, -0.1) is 0 Å². The van der Waals surface area contributed by atoms with Crippen LogP contribution < -0.4 is 5.32 Å². The highest BCUT2D eigenvalue weighted by Crippen LogP contribution is 2.13. The van der Waals surface area contributed by atoms with Crippen LogP contribution in [0.3, 0.4) is 0 Å². The van der Waals surface area contributed by atoms with Crippen molar-refractivity contribution in [1.29, 1.82) is 0 Å². The van der Waals surface area contributed by atoms with Gasteiger partial charge in [0.05, 0.1) is 0 Å². The summed E-state index contributed by atoms with van der Waals surface area (Å²) in [6, 6.07) is 0. The smallest absolute Gasteiger partial charge is 0.0300 e. The summed E-state index contributed by atoms with van der Waals surface area (Å²) in [5, 5.41) is 4.13. The van der Waals surface area contributed by atoms with E-state index in [0.29, 0.717) is 0 Å². The monoisotopic (exact) mass is 143 g/mol. The zero-order chi connectivity index (χ0) is 6.53. The van der Waals surface area contributed by atoms with E-state index in [-0.39, 0.29) is 0 Å². The Morgan fingerprint density at radius 3 is 2.89 bits per heavy atom. The van der Waals surface area contributed by atoms with E-state index >= 15 is 0 Å². The van der Waals surface area contributed by atoms with Crippen LogP contribution in [0.1, 0.15) is 6.92 Å². The fraction of sp³-hybridized carbons (Fsp3) is 0.714.